The standard InChI is InChI=1S/C13H17ClFN3O/c1-8(9-2-3-11(15)10(14)6-9)18-5-4-17-7-12(18)13(16)19/h2-3,6,8,12,17H,4-5,7H2,1H3,(H2,16,19). The number of nitrogens with two attached hydrogens (primary N) is 1. The maximum atomic E-state index is 13.2. The van der Waals surface area contributed by atoms with Crippen LogP contribution < -0.4 is 11.1 Å². The zero-order chi connectivity index (χ0) is 14.0. The lowest BCUT2D eigenvalue weighted by molar-refractivity contribution is -0.124. The summed E-state index contributed by atoms with van der Waals surface area (Å²) >= 11 is 5.80. The Bertz CT molecular complexity index is 483. The van der Waals surface area contributed by atoms with E-state index in [1.54, 1.807) is 12.1 Å². The van der Waals surface area contributed by atoms with Crippen molar-refractivity contribution in [1.82, 2.24) is 10.2 Å². The highest BCUT2D eigenvalue weighted by Gasteiger charge is 2.31. The van der Waals surface area contributed by atoms with Gasteiger partial charge in [0.1, 0.15) is 11.9 Å². The van der Waals surface area contributed by atoms with Crippen LogP contribution in [0.25, 0.3) is 0 Å². The molecule has 1 amide bonds. The van der Waals surface area contributed by atoms with Gasteiger partial charge in [0.2, 0.25) is 5.91 Å². The second-order valence-electron chi connectivity index (χ2n) is 4.71. The van der Waals surface area contributed by atoms with E-state index in [2.05, 4.69) is 5.32 Å². The first kappa shape index (κ1) is 14.2. The van der Waals surface area contributed by atoms with Gasteiger partial charge in [-0.3, -0.25) is 9.69 Å². The van der Waals surface area contributed by atoms with Crippen molar-refractivity contribution in [1.29, 1.82) is 0 Å². The van der Waals surface area contributed by atoms with Crippen LogP contribution in [0.3, 0.4) is 0 Å². The van der Waals surface area contributed by atoms with Crippen molar-refractivity contribution in [2.45, 2.75) is 19.0 Å². The Labute approximate surface area is 116 Å². The highest BCUT2D eigenvalue weighted by Crippen LogP contribution is 2.26. The molecule has 2 unspecified atom stereocenters. The Morgan fingerprint density at radius 3 is 3.00 bits per heavy atom. The van der Waals surface area contributed by atoms with Gasteiger partial charge in [0.25, 0.3) is 0 Å². The summed E-state index contributed by atoms with van der Waals surface area (Å²) in [4.78, 5) is 13.5. The van der Waals surface area contributed by atoms with Gasteiger partial charge in [-0.1, -0.05) is 17.7 Å². The molecule has 0 aromatic heterocycles. The van der Waals surface area contributed by atoms with Gasteiger partial charge in [-0.15, -0.1) is 0 Å². The topological polar surface area (TPSA) is 58.4 Å². The normalized spacial score (nSPS) is 22.2. The van der Waals surface area contributed by atoms with Gasteiger partial charge in [-0.25, -0.2) is 4.39 Å². The molecule has 0 radical (unpaired) electrons. The van der Waals surface area contributed by atoms with Crippen LogP contribution in [0.4, 0.5) is 4.39 Å². The Hall–Kier alpha value is -1.17. The summed E-state index contributed by atoms with van der Waals surface area (Å²) in [6, 6.07) is 4.23. The average Bonchev–Trinajstić information content (AvgIpc) is 2.41. The lowest BCUT2D eigenvalue weighted by Gasteiger charge is -2.38. The molecule has 0 bridgehead atoms. The third-order valence-corrected chi connectivity index (χ3v) is 3.83. The van der Waals surface area contributed by atoms with E-state index in [0.29, 0.717) is 13.1 Å². The lowest BCUT2D eigenvalue weighted by Crippen LogP contribution is -2.57. The lowest BCUT2D eigenvalue weighted by atomic mass is 10.0. The first-order valence-corrected chi connectivity index (χ1v) is 6.59. The summed E-state index contributed by atoms with van der Waals surface area (Å²) in [5.74, 6) is -0.795. The number of carbonyl (C=O) groups is 1. The molecule has 1 heterocycles. The Balaban J connectivity index is 2.23. The largest absolute Gasteiger partial charge is 0.368 e. The summed E-state index contributed by atoms with van der Waals surface area (Å²) in [6.07, 6.45) is 0. The van der Waals surface area contributed by atoms with Crippen LogP contribution in [0, 0.1) is 5.82 Å². The van der Waals surface area contributed by atoms with Crippen LogP contribution in [0.1, 0.15) is 18.5 Å². The van der Waals surface area contributed by atoms with Crippen LogP contribution >= 0.6 is 11.6 Å². The second-order valence-corrected chi connectivity index (χ2v) is 5.12. The van der Waals surface area contributed by atoms with Gasteiger partial charge in [-0.05, 0) is 24.6 Å². The maximum Gasteiger partial charge on any atom is 0.236 e. The molecule has 1 aliphatic heterocycles. The van der Waals surface area contributed by atoms with E-state index >= 15 is 0 Å². The maximum absolute atomic E-state index is 13.2. The monoisotopic (exact) mass is 285 g/mol. The molecular formula is C13H17ClFN3O. The number of primary amides is 1. The predicted octanol–water partition coefficient (Wildman–Crippen LogP) is 1.30. The van der Waals surface area contributed by atoms with E-state index in [0.717, 1.165) is 12.1 Å². The highest BCUT2D eigenvalue weighted by atomic mass is 35.5. The minimum absolute atomic E-state index is 0.0438. The van der Waals surface area contributed by atoms with E-state index < -0.39 is 5.82 Å². The quantitative estimate of drug-likeness (QED) is 0.880. The molecule has 19 heavy (non-hydrogen) atoms. The van der Waals surface area contributed by atoms with E-state index in [-0.39, 0.29) is 23.0 Å². The molecular weight excluding hydrogens is 269 g/mol. The van der Waals surface area contributed by atoms with E-state index in [9.17, 15) is 9.18 Å². The second kappa shape index (κ2) is 5.86. The van der Waals surface area contributed by atoms with Gasteiger partial charge in [-0.2, -0.15) is 0 Å². The molecule has 2 rings (SSSR count). The zero-order valence-corrected chi connectivity index (χ0v) is 11.5. The molecule has 6 heteroatoms. The minimum Gasteiger partial charge on any atom is -0.368 e. The number of hydrogen-bond acceptors (Lipinski definition) is 3. The molecule has 3 N–H and O–H groups in total. The molecule has 0 saturated carbocycles. The van der Waals surface area contributed by atoms with Gasteiger partial charge in [0.15, 0.2) is 0 Å². The fourth-order valence-corrected chi connectivity index (χ4v) is 2.60. The van der Waals surface area contributed by atoms with Crippen LogP contribution in [-0.2, 0) is 4.79 Å². The minimum atomic E-state index is -0.440. The summed E-state index contributed by atoms with van der Waals surface area (Å²) < 4.78 is 13.2. The smallest absolute Gasteiger partial charge is 0.236 e. The van der Waals surface area contributed by atoms with Gasteiger partial charge < -0.3 is 11.1 Å². The average molecular weight is 286 g/mol. The Kier molecular flexibility index (Phi) is 4.39. The summed E-state index contributed by atoms with van der Waals surface area (Å²) in [5, 5.41) is 3.24. The Morgan fingerprint density at radius 1 is 1.63 bits per heavy atom. The zero-order valence-electron chi connectivity index (χ0n) is 10.7. The van der Waals surface area contributed by atoms with Crippen molar-refractivity contribution in [2.24, 2.45) is 5.73 Å². The Morgan fingerprint density at radius 2 is 2.37 bits per heavy atom. The number of rotatable bonds is 3. The molecule has 0 aliphatic carbocycles. The molecule has 1 aliphatic rings. The number of nitrogens with zero attached hydrogens (tertiary/aromatic N) is 1. The number of halogens is 2. The number of benzene rings is 1. The van der Waals surface area contributed by atoms with E-state index in [4.69, 9.17) is 17.3 Å². The van der Waals surface area contributed by atoms with Crippen molar-refractivity contribution >= 4 is 17.5 Å². The van der Waals surface area contributed by atoms with Crippen molar-refractivity contribution in [3.8, 4) is 0 Å². The predicted molar refractivity (Wildman–Crippen MR) is 72.4 cm³/mol. The third kappa shape index (κ3) is 3.05. The molecule has 4 nitrogen and oxygen atoms in total. The van der Waals surface area contributed by atoms with Crippen LogP contribution in [0.2, 0.25) is 5.02 Å². The van der Waals surface area contributed by atoms with Crippen molar-refractivity contribution in [3.63, 3.8) is 0 Å². The number of amides is 1. The summed E-state index contributed by atoms with van der Waals surface area (Å²) in [6.45, 7) is 4.01. The van der Waals surface area contributed by atoms with Crippen LogP contribution in [0.15, 0.2) is 18.2 Å². The SMILES string of the molecule is CC(c1ccc(F)c(Cl)c1)N1CCNCC1C(N)=O. The summed E-state index contributed by atoms with van der Waals surface area (Å²) in [5.41, 5.74) is 6.30. The number of nitrogens with one attached hydrogen (secondary N) is 1. The number of carbonyl (C=O) groups excluding carboxylic acids is 1. The van der Waals surface area contributed by atoms with Crippen LogP contribution in [-0.4, -0.2) is 36.5 Å². The number of piperazine rings is 1. The molecule has 2 atom stereocenters. The van der Waals surface area contributed by atoms with Crippen molar-refractivity contribution in [3.05, 3.63) is 34.6 Å². The highest BCUT2D eigenvalue weighted by molar-refractivity contribution is 6.30. The summed E-state index contributed by atoms with van der Waals surface area (Å²) in [7, 11) is 0. The van der Waals surface area contributed by atoms with Crippen molar-refractivity contribution < 1.29 is 9.18 Å². The molecule has 0 spiro atoms. The van der Waals surface area contributed by atoms with Crippen LogP contribution in [0.5, 0.6) is 0 Å². The molecule has 1 aromatic carbocycles. The van der Waals surface area contributed by atoms with Crippen molar-refractivity contribution in [2.75, 3.05) is 19.6 Å². The van der Waals surface area contributed by atoms with E-state index in [1.165, 1.54) is 6.07 Å². The van der Waals surface area contributed by atoms with Gasteiger partial charge in [0, 0.05) is 25.7 Å². The molecule has 1 saturated heterocycles. The fraction of sp³-hybridized carbons (Fsp3) is 0.462. The number of hydrogen-bond donors (Lipinski definition) is 2. The fourth-order valence-electron chi connectivity index (χ4n) is 2.41. The molecule has 104 valence electrons. The van der Waals surface area contributed by atoms with Gasteiger partial charge in [0.05, 0.1) is 5.02 Å². The van der Waals surface area contributed by atoms with Gasteiger partial charge >= 0.3 is 0 Å². The third-order valence-electron chi connectivity index (χ3n) is 3.54. The van der Waals surface area contributed by atoms with E-state index in [1.807, 2.05) is 11.8 Å². The molecule has 1 aromatic rings. The first-order valence-electron chi connectivity index (χ1n) is 6.21. The molecule has 1 fully saturated rings. The first-order chi connectivity index (χ1) is 9.00.